The van der Waals surface area contributed by atoms with Crippen molar-refractivity contribution in [1.82, 2.24) is 4.98 Å². The summed E-state index contributed by atoms with van der Waals surface area (Å²) < 4.78 is 45.0. The number of rotatable bonds is 6. The first kappa shape index (κ1) is 21.6. The molecule has 0 saturated carbocycles. The second-order valence-corrected chi connectivity index (χ2v) is 7.04. The maximum Gasteiger partial charge on any atom is 0.573 e. The average molecular weight is 457 g/mol. The van der Waals surface area contributed by atoms with Crippen LogP contribution >= 0.6 is 22.9 Å². The molecule has 11 heteroatoms. The Hall–Kier alpha value is -3.11. The number of esters is 1. The van der Waals surface area contributed by atoms with Crippen molar-refractivity contribution in [1.29, 1.82) is 0 Å². The molecular weight excluding hydrogens is 445 g/mol. The first-order valence-corrected chi connectivity index (χ1v) is 9.49. The standard InChI is InChI=1S/C19H12ClF3N2O4S/c20-12-3-1-11(2-4-12)17-25-15(10-30-17)18(27)28-9-16(26)24-13-5-7-14(8-6-13)29-19(21,22)23/h1-8,10H,9H2,(H,24,26). The first-order chi connectivity index (χ1) is 14.2. The fraction of sp³-hybridized carbons (Fsp3) is 0.105. The molecular formula is C19H12ClF3N2O4S. The topological polar surface area (TPSA) is 77.5 Å². The molecule has 0 atom stereocenters. The van der Waals surface area contributed by atoms with Gasteiger partial charge in [0.25, 0.3) is 5.91 Å². The van der Waals surface area contributed by atoms with Crippen molar-refractivity contribution in [2.45, 2.75) is 6.36 Å². The zero-order chi connectivity index (χ0) is 21.7. The Morgan fingerprint density at radius 3 is 2.37 bits per heavy atom. The van der Waals surface area contributed by atoms with Crippen molar-refractivity contribution in [3.05, 3.63) is 64.6 Å². The van der Waals surface area contributed by atoms with E-state index in [0.717, 1.165) is 17.7 Å². The zero-order valence-electron chi connectivity index (χ0n) is 14.9. The number of hydrogen-bond acceptors (Lipinski definition) is 6. The van der Waals surface area contributed by atoms with Crippen LogP contribution in [-0.4, -0.2) is 29.8 Å². The highest BCUT2D eigenvalue weighted by Gasteiger charge is 2.31. The van der Waals surface area contributed by atoms with Crippen LogP contribution in [0, 0.1) is 0 Å². The van der Waals surface area contributed by atoms with Gasteiger partial charge in [0.05, 0.1) is 0 Å². The fourth-order valence-electron chi connectivity index (χ4n) is 2.23. The maximum absolute atomic E-state index is 12.1. The highest BCUT2D eigenvalue weighted by Crippen LogP contribution is 2.26. The van der Waals surface area contributed by atoms with Gasteiger partial charge in [-0.3, -0.25) is 4.79 Å². The molecule has 0 fully saturated rings. The number of carbonyl (C=O) groups is 2. The van der Waals surface area contributed by atoms with Gasteiger partial charge in [-0.15, -0.1) is 24.5 Å². The van der Waals surface area contributed by atoms with Crippen molar-refractivity contribution in [3.63, 3.8) is 0 Å². The van der Waals surface area contributed by atoms with Gasteiger partial charge in [0, 0.05) is 21.7 Å². The predicted molar refractivity (Wildman–Crippen MR) is 105 cm³/mol. The van der Waals surface area contributed by atoms with Gasteiger partial charge in [0.1, 0.15) is 10.8 Å². The number of anilines is 1. The smallest absolute Gasteiger partial charge is 0.451 e. The second kappa shape index (κ2) is 9.14. The van der Waals surface area contributed by atoms with Gasteiger partial charge in [-0.2, -0.15) is 0 Å². The number of aromatic nitrogens is 1. The van der Waals surface area contributed by atoms with E-state index in [2.05, 4.69) is 15.0 Å². The summed E-state index contributed by atoms with van der Waals surface area (Å²) in [5.41, 5.74) is 1.04. The Bertz CT molecular complexity index is 1040. The molecule has 3 rings (SSSR count). The van der Waals surface area contributed by atoms with Crippen LogP contribution in [0.15, 0.2) is 53.9 Å². The molecule has 0 bridgehead atoms. The number of benzene rings is 2. The summed E-state index contributed by atoms with van der Waals surface area (Å²) in [7, 11) is 0. The number of carbonyl (C=O) groups excluding carboxylic acids is 2. The quantitative estimate of drug-likeness (QED) is 0.518. The van der Waals surface area contributed by atoms with Crippen LogP contribution in [0.3, 0.4) is 0 Å². The van der Waals surface area contributed by atoms with E-state index < -0.39 is 30.6 Å². The number of amides is 1. The number of ether oxygens (including phenoxy) is 2. The van der Waals surface area contributed by atoms with E-state index >= 15 is 0 Å². The number of alkyl halides is 3. The molecule has 1 heterocycles. The van der Waals surface area contributed by atoms with Crippen LogP contribution in [0.25, 0.3) is 10.6 Å². The number of thiazole rings is 1. The van der Waals surface area contributed by atoms with Crippen LogP contribution in [0.2, 0.25) is 5.02 Å². The minimum Gasteiger partial charge on any atom is -0.451 e. The molecule has 3 aromatic rings. The van der Waals surface area contributed by atoms with Gasteiger partial charge in [0.2, 0.25) is 0 Å². The molecule has 0 aliphatic rings. The zero-order valence-corrected chi connectivity index (χ0v) is 16.5. The van der Waals surface area contributed by atoms with Gasteiger partial charge in [0.15, 0.2) is 12.3 Å². The van der Waals surface area contributed by atoms with E-state index in [1.165, 1.54) is 28.8 Å². The van der Waals surface area contributed by atoms with Gasteiger partial charge in [-0.05, 0) is 36.4 Å². The first-order valence-electron chi connectivity index (χ1n) is 8.24. The Morgan fingerprint density at radius 1 is 1.07 bits per heavy atom. The summed E-state index contributed by atoms with van der Waals surface area (Å²) in [6.07, 6.45) is -4.80. The molecule has 156 valence electrons. The summed E-state index contributed by atoms with van der Waals surface area (Å²) in [5.74, 6) is -1.87. The van der Waals surface area contributed by atoms with Crippen LogP contribution in [0.1, 0.15) is 10.5 Å². The molecule has 0 aliphatic carbocycles. The Balaban J connectivity index is 1.51. The summed E-state index contributed by atoms with van der Waals surface area (Å²) in [6.45, 7) is -0.590. The molecule has 0 radical (unpaired) electrons. The summed E-state index contributed by atoms with van der Waals surface area (Å²) in [4.78, 5) is 28.1. The van der Waals surface area contributed by atoms with E-state index in [1.54, 1.807) is 24.3 Å². The monoisotopic (exact) mass is 456 g/mol. The lowest BCUT2D eigenvalue weighted by molar-refractivity contribution is -0.274. The molecule has 0 aliphatic heterocycles. The Morgan fingerprint density at radius 2 is 1.73 bits per heavy atom. The highest BCUT2D eigenvalue weighted by atomic mass is 35.5. The van der Waals surface area contributed by atoms with E-state index in [1.807, 2.05) is 0 Å². The number of nitrogens with zero attached hydrogens (tertiary/aromatic N) is 1. The maximum atomic E-state index is 12.1. The second-order valence-electron chi connectivity index (χ2n) is 5.74. The highest BCUT2D eigenvalue weighted by molar-refractivity contribution is 7.13. The molecule has 30 heavy (non-hydrogen) atoms. The largest absolute Gasteiger partial charge is 0.573 e. The third kappa shape index (κ3) is 6.19. The van der Waals surface area contributed by atoms with Crippen LogP contribution < -0.4 is 10.1 Å². The van der Waals surface area contributed by atoms with E-state index in [-0.39, 0.29) is 11.4 Å². The lowest BCUT2D eigenvalue weighted by atomic mass is 10.2. The van der Waals surface area contributed by atoms with E-state index in [9.17, 15) is 22.8 Å². The minimum absolute atomic E-state index is 0.0476. The number of nitrogens with one attached hydrogen (secondary N) is 1. The molecule has 1 aromatic heterocycles. The van der Waals surface area contributed by atoms with Crippen LogP contribution in [0.5, 0.6) is 5.75 Å². The number of halogens is 4. The van der Waals surface area contributed by atoms with Gasteiger partial charge in [-0.1, -0.05) is 23.7 Å². The van der Waals surface area contributed by atoms with Gasteiger partial charge >= 0.3 is 12.3 Å². The lowest BCUT2D eigenvalue weighted by Gasteiger charge is -2.10. The van der Waals surface area contributed by atoms with E-state index in [4.69, 9.17) is 16.3 Å². The van der Waals surface area contributed by atoms with Gasteiger partial charge in [-0.25, -0.2) is 9.78 Å². The van der Waals surface area contributed by atoms with Crippen molar-refractivity contribution >= 4 is 40.5 Å². The fourth-order valence-corrected chi connectivity index (χ4v) is 3.16. The molecule has 0 saturated heterocycles. The van der Waals surface area contributed by atoms with Crippen molar-refractivity contribution in [2.75, 3.05) is 11.9 Å². The third-order valence-electron chi connectivity index (χ3n) is 3.51. The summed E-state index contributed by atoms with van der Waals surface area (Å²) in [6, 6.07) is 11.4. The average Bonchev–Trinajstić information content (AvgIpc) is 3.17. The molecule has 0 spiro atoms. The minimum atomic E-state index is -4.80. The predicted octanol–water partition coefficient (Wildman–Crippen LogP) is 5.16. The van der Waals surface area contributed by atoms with E-state index in [0.29, 0.717) is 10.0 Å². The van der Waals surface area contributed by atoms with Gasteiger partial charge < -0.3 is 14.8 Å². The Kier molecular flexibility index (Phi) is 6.58. The van der Waals surface area contributed by atoms with Crippen molar-refractivity contribution in [2.24, 2.45) is 0 Å². The number of hydrogen-bond donors (Lipinski definition) is 1. The summed E-state index contributed by atoms with van der Waals surface area (Å²) in [5, 5.41) is 5.06. The van der Waals surface area contributed by atoms with Crippen molar-refractivity contribution < 1.29 is 32.2 Å². The van der Waals surface area contributed by atoms with Crippen LogP contribution in [0.4, 0.5) is 18.9 Å². The normalized spacial score (nSPS) is 11.1. The third-order valence-corrected chi connectivity index (χ3v) is 4.65. The Labute approximate surface area is 177 Å². The van der Waals surface area contributed by atoms with Crippen molar-refractivity contribution in [3.8, 4) is 16.3 Å². The van der Waals surface area contributed by atoms with Crippen LogP contribution in [-0.2, 0) is 9.53 Å². The summed E-state index contributed by atoms with van der Waals surface area (Å²) >= 11 is 7.07. The molecule has 0 unspecified atom stereocenters. The molecule has 2 aromatic carbocycles. The molecule has 1 N–H and O–H groups in total. The SMILES string of the molecule is O=C(COC(=O)c1csc(-c2ccc(Cl)cc2)n1)Nc1ccc(OC(F)(F)F)cc1. The lowest BCUT2D eigenvalue weighted by Crippen LogP contribution is -2.21. The molecule has 6 nitrogen and oxygen atoms in total. The molecule has 1 amide bonds.